The third kappa shape index (κ3) is 5.58. The summed E-state index contributed by atoms with van der Waals surface area (Å²) in [5, 5.41) is 0. The van der Waals surface area contributed by atoms with Crippen LogP contribution < -0.4 is 0 Å². The molecule has 0 aromatic carbocycles. The lowest BCUT2D eigenvalue weighted by Gasteiger charge is -2.04. The van der Waals surface area contributed by atoms with E-state index in [0.717, 1.165) is 0 Å². The average Bonchev–Trinajstić information content (AvgIpc) is 2.03. The van der Waals surface area contributed by atoms with Gasteiger partial charge in [0.1, 0.15) is 5.78 Å². The molecule has 1 unspecified atom stereocenters. The summed E-state index contributed by atoms with van der Waals surface area (Å²) in [7, 11) is 0. The van der Waals surface area contributed by atoms with Gasteiger partial charge >= 0.3 is 5.97 Å². The van der Waals surface area contributed by atoms with Crippen LogP contribution in [-0.2, 0) is 14.3 Å². The van der Waals surface area contributed by atoms with E-state index in [0.29, 0.717) is 5.57 Å². The number of esters is 1. The number of alkyl halides is 1. The maximum absolute atomic E-state index is 11.0. The standard InChI is InChI=1S/C9H13BrO3/c1-6(2)9(12)13-5-4-8(11)7(3)10/h7H,1,4-5H2,2-3H3. The highest BCUT2D eigenvalue weighted by atomic mass is 79.9. The van der Waals surface area contributed by atoms with E-state index in [9.17, 15) is 9.59 Å². The molecule has 0 bridgehead atoms. The van der Waals surface area contributed by atoms with Gasteiger partial charge in [-0.1, -0.05) is 22.5 Å². The van der Waals surface area contributed by atoms with Crippen molar-refractivity contribution in [2.24, 2.45) is 0 Å². The van der Waals surface area contributed by atoms with Gasteiger partial charge in [0.2, 0.25) is 0 Å². The van der Waals surface area contributed by atoms with E-state index in [1.165, 1.54) is 0 Å². The normalized spacial score (nSPS) is 11.9. The van der Waals surface area contributed by atoms with Gasteiger partial charge in [-0.05, 0) is 13.8 Å². The molecular weight excluding hydrogens is 236 g/mol. The van der Waals surface area contributed by atoms with Crippen molar-refractivity contribution in [2.45, 2.75) is 25.1 Å². The first-order valence-corrected chi connectivity index (χ1v) is 4.86. The van der Waals surface area contributed by atoms with Gasteiger partial charge in [0.05, 0.1) is 11.4 Å². The Bertz CT molecular complexity index is 221. The highest BCUT2D eigenvalue weighted by molar-refractivity contribution is 9.10. The van der Waals surface area contributed by atoms with Crippen molar-refractivity contribution >= 4 is 27.7 Å². The van der Waals surface area contributed by atoms with Crippen LogP contribution in [0.25, 0.3) is 0 Å². The molecule has 0 rings (SSSR count). The molecule has 0 heterocycles. The summed E-state index contributed by atoms with van der Waals surface area (Å²) in [6.07, 6.45) is 0.242. The Labute approximate surface area is 86.3 Å². The van der Waals surface area contributed by atoms with Crippen LogP contribution in [0.15, 0.2) is 12.2 Å². The molecule has 3 nitrogen and oxygen atoms in total. The van der Waals surface area contributed by atoms with Crippen LogP contribution in [0.4, 0.5) is 0 Å². The van der Waals surface area contributed by atoms with Crippen LogP contribution >= 0.6 is 15.9 Å². The number of carbonyl (C=O) groups is 2. The van der Waals surface area contributed by atoms with Gasteiger partial charge in [-0.15, -0.1) is 0 Å². The first-order chi connectivity index (χ1) is 5.95. The molecule has 0 aliphatic heterocycles. The number of carbonyl (C=O) groups excluding carboxylic acids is 2. The Morgan fingerprint density at radius 2 is 2.08 bits per heavy atom. The zero-order valence-electron chi connectivity index (χ0n) is 7.80. The lowest BCUT2D eigenvalue weighted by atomic mass is 10.2. The van der Waals surface area contributed by atoms with Gasteiger partial charge in [-0.2, -0.15) is 0 Å². The Morgan fingerprint density at radius 1 is 1.54 bits per heavy atom. The van der Waals surface area contributed by atoms with E-state index in [-0.39, 0.29) is 23.6 Å². The summed E-state index contributed by atoms with van der Waals surface area (Å²) in [5.74, 6) is -0.426. The first kappa shape index (κ1) is 12.4. The largest absolute Gasteiger partial charge is 0.462 e. The van der Waals surface area contributed by atoms with E-state index in [1.54, 1.807) is 13.8 Å². The minimum atomic E-state index is -0.449. The fourth-order valence-corrected chi connectivity index (χ4v) is 0.795. The van der Waals surface area contributed by atoms with Gasteiger partial charge in [0.25, 0.3) is 0 Å². The molecule has 74 valence electrons. The number of ether oxygens (including phenoxy) is 1. The van der Waals surface area contributed by atoms with Crippen molar-refractivity contribution in [1.82, 2.24) is 0 Å². The van der Waals surface area contributed by atoms with Crippen LogP contribution in [0.3, 0.4) is 0 Å². The molecule has 0 amide bonds. The summed E-state index contributed by atoms with van der Waals surface area (Å²) in [6, 6.07) is 0. The monoisotopic (exact) mass is 248 g/mol. The van der Waals surface area contributed by atoms with Crippen LogP contribution in [0.5, 0.6) is 0 Å². The Hall–Kier alpha value is -0.640. The highest BCUT2D eigenvalue weighted by Gasteiger charge is 2.10. The lowest BCUT2D eigenvalue weighted by Crippen LogP contribution is -2.14. The third-order valence-electron chi connectivity index (χ3n) is 1.37. The molecule has 0 fully saturated rings. The van der Waals surface area contributed by atoms with E-state index in [4.69, 9.17) is 4.74 Å². The number of ketones is 1. The average molecular weight is 249 g/mol. The number of halogens is 1. The number of hydrogen-bond acceptors (Lipinski definition) is 3. The van der Waals surface area contributed by atoms with Crippen molar-refractivity contribution in [3.8, 4) is 0 Å². The van der Waals surface area contributed by atoms with Crippen LogP contribution in [0.1, 0.15) is 20.3 Å². The molecule has 4 heteroatoms. The molecule has 0 radical (unpaired) electrons. The second-order valence-corrected chi connectivity index (χ2v) is 4.12. The fourth-order valence-electron chi connectivity index (χ4n) is 0.566. The molecule has 0 N–H and O–H groups in total. The topological polar surface area (TPSA) is 43.4 Å². The predicted octanol–water partition coefficient (Wildman–Crippen LogP) is 1.85. The number of hydrogen-bond donors (Lipinski definition) is 0. The second-order valence-electron chi connectivity index (χ2n) is 2.75. The van der Waals surface area contributed by atoms with Gasteiger partial charge < -0.3 is 4.74 Å². The fraction of sp³-hybridized carbons (Fsp3) is 0.556. The maximum Gasteiger partial charge on any atom is 0.333 e. The molecule has 0 aliphatic carbocycles. The zero-order chi connectivity index (χ0) is 10.4. The van der Waals surface area contributed by atoms with Gasteiger partial charge in [0, 0.05) is 12.0 Å². The van der Waals surface area contributed by atoms with E-state index in [2.05, 4.69) is 22.5 Å². The van der Waals surface area contributed by atoms with Gasteiger partial charge in [-0.25, -0.2) is 4.79 Å². The minimum Gasteiger partial charge on any atom is -0.462 e. The third-order valence-corrected chi connectivity index (χ3v) is 1.88. The first-order valence-electron chi connectivity index (χ1n) is 3.94. The van der Waals surface area contributed by atoms with Gasteiger partial charge in [0.15, 0.2) is 0 Å². The van der Waals surface area contributed by atoms with Gasteiger partial charge in [-0.3, -0.25) is 4.79 Å². The molecule has 0 saturated heterocycles. The summed E-state index contributed by atoms with van der Waals surface area (Å²) in [5.41, 5.74) is 0.347. The van der Waals surface area contributed by atoms with Crippen molar-refractivity contribution in [3.63, 3.8) is 0 Å². The van der Waals surface area contributed by atoms with Crippen molar-refractivity contribution in [2.75, 3.05) is 6.61 Å². The molecule has 0 saturated carbocycles. The SMILES string of the molecule is C=C(C)C(=O)OCCC(=O)C(C)Br. The summed E-state index contributed by atoms with van der Waals surface area (Å²) >= 11 is 3.13. The van der Waals surface area contributed by atoms with E-state index >= 15 is 0 Å². The van der Waals surface area contributed by atoms with E-state index < -0.39 is 5.97 Å². The van der Waals surface area contributed by atoms with Crippen molar-refractivity contribution in [3.05, 3.63) is 12.2 Å². The quantitative estimate of drug-likeness (QED) is 0.424. The van der Waals surface area contributed by atoms with E-state index in [1.807, 2.05) is 0 Å². The summed E-state index contributed by atoms with van der Waals surface area (Å²) in [6.45, 7) is 6.85. The highest BCUT2D eigenvalue weighted by Crippen LogP contribution is 2.02. The Morgan fingerprint density at radius 3 is 2.46 bits per heavy atom. The van der Waals surface area contributed by atoms with Crippen molar-refractivity contribution < 1.29 is 14.3 Å². The molecule has 0 aromatic rings. The summed E-state index contributed by atoms with van der Waals surface area (Å²) < 4.78 is 4.74. The Balaban J connectivity index is 3.63. The number of rotatable bonds is 5. The molecule has 1 atom stereocenters. The molecular formula is C9H13BrO3. The maximum atomic E-state index is 11.0. The molecule has 0 aromatic heterocycles. The number of Topliss-reactive ketones (excluding diaryl/α,β-unsaturated/α-hetero) is 1. The lowest BCUT2D eigenvalue weighted by molar-refractivity contribution is -0.139. The Kier molecular flexibility index (Phi) is 5.62. The minimum absolute atomic E-state index is 0.0227. The summed E-state index contributed by atoms with van der Waals surface area (Å²) in [4.78, 5) is 21.7. The molecule has 13 heavy (non-hydrogen) atoms. The zero-order valence-corrected chi connectivity index (χ0v) is 9.39. The predicted molar refractivity (Wildman–Crippen MR) is 53.8 cm³/mol. The van der Waals surface area contributed by atoms with Crippen LogP contribution in [0, 0.1) is 0 Å². The molecule has 0 aliphatic rings. The van der Waals surface area contributed by atoms with Crippen molar-refractivity contribution in [1.29, 1.82) is 0 Å². The van der Waals surface area contributed by atoms with Crippen LogP contribution in [0.2, 0.25) is 0 Å². The second kappa shape index (κ2) is 5.91. The smallest absolute Gasteiger partial charge is 0.333 e. The van der Waals surface area contributed by atoms with Crippen LogP contribution in [-0.4, -0.2) is 23.2 Å². The molecule has 0 spiro atoms.